The Morgan fingerprint density at radius 3 is 2.71 bits per heavy atom. The maximum Gasteiger partial charge on any atom is 0.325 e. The molecule has 1 aromatic heterocycles. The van der Waals surface area contributed by atoms with Crippen LogP contribution in [-0.2, 0) is 9.53 Å². The molecule has 1 rings (SSSR count). The van der Waals surface area contributed by atoms with Crippen molar-refractivity contribution in [3.8, 4) is 0 Å². The maximum atomic E-state index is 12.0. The molecule has 0 aliphatic carbocycles. The number of amides is 1. The van der Waals surface area contributed by atoms with E-state index in [4.69, 9.17) is 4.74 Å². The molecule has 0 unspecified atom stereocenters. The first-order chi connectivity index (χ1) is 8.06. The monoisotopic (exact) mass is 240 g/mol. The first-order valence-corrected chi connectivity index (χ1v) is 5.38. The van der Waals surface area contributed by atoms with Gasteiger partial charge in [0.2, 0.25) is 5.82 Å². The van der Waals surface area contributed by atoms with Crippen LogP contribution in [0.25, 0.3) is 0 Å². The molecule has 1 aromatic rings. The molecule has 0 bridgehead atoms. The van der Waals surface area contributed by atoms with Crippen molar-refractivity contribution in [2.24, 2.45) is 0 Å². The van der Waals surface area contributed by atoms with E-state index in [0.29, 0.717) is 6.61 Å². The topological polar surface area (TPSA) is 88.2 Å². The molecule has 94 valence electrons. The number of nitrogens with zero attached hydrogens (tertiary/aromatic N) is 3. The van der Waals surface area contributed by atoms with Gasteiger partial charge < -0.3 is 9.64 Å². The molecule has 0 fully saturated rings. The number of ether oxygens (including phenoxy) is 1. The molecule has 7 heteroatoms. The van der Waals surface area contributed by atoms with E-state index in [2.05, 4.69) is 15.2 Å². The van der Waals surface area contributed by atoms with Gasteiger partial charge >= 0.3 is 5.97 Å². The van der Waals surface area contributed by atoms with Crippen molar-refractivity contribution in [3.63, 3.8) is 0 Å². The van der Waals surface area contributed by atoms with E-state index in [1.807, 2.05) is 13.8 Å². The molecule has 0 aromatic carbocycles. The fourth-order valence-corrected chi connectivity index (χ4v) is 1.28. The number of rotatable bonds is 5. The predicted octanol–water partition coefficient (Wildman–Crippen LogP) is 0.218. The quantitative estimate of drug-likeness (QED) is 0.744. The largest absolute Gasteiger partial charge is 0.465 e. The van der Waals surface area contributed by atoms with Crippen LogP contribution in [0.4, 0.5) is 0 Å². The lowest BCUT2D eigenvalue weighted by Crippen LogP contribution is -2.41. The van der Waals surface area contributed by atoms with E-state index >= 15 is 0 Å². The minimum atomic E-state index is -0.436. The fourth-order valence-electron chi connectivity index (χ4n) is 1.28. The molecule has 0 radical (unpaired) electrons. The van der Waals surface area contributed by atoms with Gasteiger partial charge in [-0.15, -0.1) is 0 Å². The molecular weight excluding hydrogens is 224 g/mol. The number of H-pyrrole nitrogens is 1. The molecule has 1 heterocycles. The van der Waals surface area contributed by atoms with Crippen LogP contribution >= 0.6 is 0 Å². The van der Waals surface area contributed by atoms with Crippen molar-refractivity contribution in [2.75, 3.05) is 13.2 Å². The van der Waals surface area contributed by atoms with Crippen LogP contribution in [0.3, 0.4) is 0 Å². The van der Waals surface area contributed by atoms with Gasteiger partial charge in [0, 0.05) is 6.04 Å². The zero-order valence-corrected chi connectivity index (χ0v) is 10.1. The molecule has 1 N–H and O–H groups in total. The summed E-state index contributed by atoms with van der Waals surface area (Å²) in [6.45, 7) is 5.54. The normalized spacial score (nSPS) is 10.4. The van der Waals surface area contributed by atoms with Crippen molar-refractivity contribution in [3.05, 3.63) is 12.2 Å². The van der Waals surface area contributed by atoms with Gasteiger partial charge in [0.1, 0.15) is 12.9 Å². The van der Waals surface area contributed by atoms with Crippen LogP contribution in [0.5, 0.6) is 0 Å². The highest BCUT2D eigenvalue weighted by molar-refractivity contribution is 5.92. The van der Waals surface area contributed by atoms with Crippen molar-refractivity contribution < 1.29 is 14.3 Å². The van der Waals surface area contributed by atoms with E-state index in [0.717, 1.165) is 0 Å². The van der Waals surface area contributed by atoms with Crippen molar-refractivity contribution in [2.45, 2.75) is 26.8 Å². The fraction of sp³-hybridized carbons (Fsp3) is 0.600. The highest BCUT2D eigenvalue weighted by atomic mass is 16.5. The van der Waals surface area contributed by atoms with Gasteiger partial charge in [0.05, 0.1) is 6.61 Å². The van der Waals surface area contributed by atoms with E-state index in [1.54, 1.807) is 6.92 Å². The molecule has 0 spiro atoms. The Labute approximate surface area is 99.2 Å². The summed E-state index contributed by atoms with van der Waals surface area (Å²) in [5, 5.41) is 6.07. The Kier molecular flexibility index (Phi) is 4.62. The van der Waals surface area contributed by atoms with Gasteiger partial charge in [-0.25, -0.2) is 4.98 Å². The Hall–Kier alpha value is -1.92. The average molecular weight is 240 g/mol. The summed E-state index contributed by atoms with van der Waals surface area (Å²) in [5.74, 6) is -0.692. The minimum absolute atomic E-state index is 0.0922. The van der Waals surface area contributed by atoms with Crippen LogP contribution in [0, 0.1) is 0 Å². The lowest BCUT2D eigenvalue weighted by molar-refractivity contribution is -0.144. The van der Waals surface area contributed by atoms with Gasteiger partial charge in [-0.2, -0.15) is 5.10 Å². The lowest BCUT2D eigenvalue weighted by Gasteiger charge is -2.24. The summed E-state index contributed by atoms with van der Waals surface area (Å²) in [6, 6.07) is -0.128. The summed E-state index contributed by atoms with van der Waals surface area (Å²) in [7, 11) is 0. The predicted molar refractivity (Wildman–Crippen MR) is 59.2 cm³/mol. The highest BCUT2D eigenvalue weighted by Gasteiger charge is 2.23. The zero-order valence-electron chi connectivity index (χ0n) is 10.1. The smallest absolute Gasteiger partial charge is 0.325 e. The highest BCUT2D eigenvalue weighted by Crippen LogP contribution is 2.04. The Balaban J connectivity index is 2.73. The number of hydrogen-bond acceptors (Lipinski definition) is 5. The first-order valence-electron chi connectivity index (χ1n) is 5.38. The number of nitrogens with one attached hydrogen (secondary N) is 1. The Morgan fingerprint density at radius 1 is 1.53 bits per heavy atom. The number of aromatic nitrogens is 3. The summed E-state index contributed by atoms with van der Waals surface area (Å²) in [4.78, 5) is 28.5. The summed E-state index contributed by atoms with van der Waals surface area (Å²) < 4.78 is 4.81. The molecule has 1 amide bonds. The van der Waals surface area contributed by atoms with Gasteiger partial charge in [-0.05, 0) is 20.8 Å². The summed E-state index contributed by atoms with van der Waals surface area (Å²) in [6.07, 6.45) is 1.25. The minimum Gasteiger partial charge on any atom is -0.465 e. The second-order valence-corrected chi connectivity index (χ2v) is 3.67. The van der Waals surface area contributed by atoms with Crippen molar-refractivity contribution >= 4 is 11.9 Å². The van der Waals surface area contributed by atoms with E-state index in [9.17, 15) is 9.59 Å². The van der Waals surface area contributed by atoms with Gasteiger partial charge in [-0.1, -0.05) is 0 Å². The van der Waals surface area contributed by atoms with Crippen LogP contribution in [0.15, 0.2) is 6.33 Å². The zero-order chi connectivity index (χ0) is 12.8. The maximum absolute atomic E-state index is 12.0. The molecule has 17 heavy (non-hydrogen) atoms. The van der Waals surface area contributed by atoms with Crippen LogP contribution in [0.2, 0.25) is 0 Å². The third-order valence-electron chi connectivity index (χ3n) is 2.11. The Bertz CT molecular complexity index is 375. The molecule has 0 saturated carbocycles. The average Bonchev–Trinajstić information content (AvgIpc) is 2.78. The second kappa shape index (κ2) is 5.97. The standard InChI is InChI=1S/C10H16N4O3/c1-4-17-8(15)5-14(7(2)3)10(16)9-11-6-12-13-9/h6-7H,4-5H2,1-3H3,(H,11,12,13). The van der Waals surface area contributed by atoms with Gasteiger partial charge in [0.25, 0.3) is 5.91 Å². The molecular formula is C10H16N4O3. The number of carbonyl (C=O) groups is 2. The number of aromatic amines is 1. The van der Waals surface area contributed by atoms with Crippen LogP contribution < -0.4 is 0 Å². The van der Waals surface area contributed by atoms with Gasteiger partial charge in [0.15, 0.2) is 0 Å². The van der Waals surface area contributed by atoms with Crippen molar-refractivity contribution in [1.29, 1.82) is 0 Å². The number of carbonyl (C=O) groups excluding carboxylic acids is 2. The number of esters is 1. The summed E-state index contributed by atoms with van der Waals surface area (Å²) in [5.41, 5.74) is 0. The second-order valence-electron chi connectivity index (χ2n) is 3.67. The molecule has 0 atom stereocenters. The van der Waals surface area contributed by atoms with Crippen molar-refractivity contribution in [1.82, 2.24) is 20.1 Å². The van der Waals surface area contributed by atoms with Crippen LogP contribution in [0.1, 0.15) is 31.4 Å². The van der Waals surface area contributed by atoms with E-state index in [-0.39, 0.29) is 24.3 Å². The molecule has 0 aliphatic rings. The molecule has 0 aliphatic heterocycles. The van der Waals surface area contributed by atoms with E-state index < -0.39 is 5.97 Å². The first kappa shape index (κ1) is 13.1. The van der Waals surface area contributed by atoms with E-state index in [1.165, 1.54) is 11.2 Å². The Morgan fingerprint density at radius 2 is 2.24 bits per heavy atom. The lowest BCUT2D eigenvalue weighted by atomic mass is 10.3. The summed E-state index contributed by atoms with van der Waals surface area (Å²) >= 11 is 0. The van der Waals surface area contributed by atoms with Gasteiger partial charge in [-0.3, -0.25) is 14.7 Å². The van der Waals surface area contributed by atoms with Crippen LogP contribution in [-0.4, -0.2) is 51.2 Å². The third-order valence-corrected chi connectivity index (χ3v) is 2.11. The molecule has 0 saturated heterocycles. The molecule has 7 nitrogen and oxygen atoms in total. The number of hydrogen-bond donors (Lipinski definition) is 1. The third kappa shape index (κ3) is 3.54. The SMILES string of the molecule is CCOC(=O)CN(C(=O)c1ncn[nH]1)C(C)C.